The zero-order valence-corrected chi connectivity index (χ0v) is 13.0. The zero-order chi connectivity index (χ0) is 14.0. The molecule has 7 heteroatoms. The largest absolute Gasteiger partial charge is 0.338 e. The number of carbonyl (C=O) groups is 1. The molecule has 0 aliphatic heterocycles. The normalized spacial score (nSPS) is 15.5. The minimum absolute atomic E-state index is 0.0281. The number of hydrogen-bond donors (Lipinski definition) is 0. The van der Waals surface area contributed by atoms with Crippen LogP contribution in [0.3, 0.4) is 0 Å². The number of amides is 1. The fourth-order valence-corrected chi connectivity index (χ4v) is 3.84. The Hall–Kier alpha value is -0.590. The molecule has 1 aliphatic rings. The van der Waals surface area contributed by atoms with E-state index in [1.54, 1.807) is 5.38 Å². The van der Waals surface area contributed by atoms with Gasteiger partial charge in [0.1, 0.15) is 4.21 Å². The third kappa shape index (κ3) is 3.94. The van der Waals surface area contributed by atoms with Gasteiger partial charge in [0, 0.05) is 29.2 Å². The van der Waals surface area contributed by atoms with Gasteiger partial charge in [-0.3, -0.25) is 4.79 Å². The summed E-state index contributed by atoms with van der Waals surface area (Å²) < 4.78 is 22.4. The number of nitrogens with zero attached hydrogens (tertiary/aromatic N) is 1. The number of hydrogen-bond acceptors (Lipinski definition) is 4. The highest BCUT2D eigenvalue weighted by molar-refractivity contribution is 8.15. The lowest BCUT2D eigenvalue weighted by atomic mass is 10.2. The van der Waals surface area contributed by atoms with Crippen LogP contribution < -0.4 is 0 Å². The Labute approximate surface area is 121 Å². The maximum Gasteiger partial charge on any atom is 0.270 e. The molecule has 1 aliphatic carbocycles. The number of halogens is 1. The van der Waals surface area contributed by atoms with E-state index in [9.17, 15) is 13.2 Å². The molecule has 106 valence electrons. The molecule has 0 saturated heterocycles. The minimum atomic E-state index is -3.74. The highest BCUT2D eigenvalue weighted by atomic mass is 35.7. The van der Waals surface area contributed by atoms with E-state index in [0.29, 0.717) is 18.0 Å². The first-order valence-corrected chi connectivity index (χ1v) is 9.43. The van der Waals surface area contributed by atoms with Crippen LogP contribution in [0, 0.1) is 5.92 Å². The zero-order valence-electron chi connectivity index (χ0n) is 10.6. The highest BCUT2D eigenvalue weighted by Crippen LogP contribution is 2.31. The fraction of sp³-hybridized carbons (Fsp3) is 0.583. The third-order valence-electron chi connectivity index (χ3n) is 3.02. The van der Waals surface area contributed by atoms with Gasteiger partial charge in [0.2, 0.25) is 0 Å². The van der Waals surface area contributed by atoms with Crippen molar-refractivity contribution in [3.8, 4) is 0 Å². The van der Waals surface area contributed by atoms with Crippen LogP contribution in [-0.4, -0.2) is 32.3 Å². The molecule has 19 heavy (non-hydrogen) atoms. The van der Waals surface area contributed by atoms with Gasteiger partial charge in [-0.2, -0.15) is 0 Å². The summed E-state index contributed by atoms with van der Waals surface area (Å²) in [4.78, 5) is 14.1. The van der Waals surface area contributed by atoms with Crippen molar-refractivity contribution in [1.82, 2.24) is 4.90 Å². The van der Waals surface area contributed by atoms with E-state index >= 15 is 0 Å². The van der Waals surface area contributed by atoms with Crippen LogP contribution in [-0.2, 0) is 9.05 Å². The van der Waals surface area contributed by atoms with Crippen molar-refractivity contribution in [2.24, 2.45) is 5.92 Å². The SMILES string of the molecule is CCCN(CC1CC1)C(=O)c1csc(S(=O)(=O)Cl)c1. The summed E-state index contributed by atoms with van der Waals surface area (Å²) in [5.41, 5.74) is 0.415. The lowest BCUT2D eigenvalue weighted by Crippen LogP contribution is -2.33. The van der Waals surface area contributed by atoms with Crippen molar-refractivity contribution >= 4 is 37.0 Å². The molecule has 0 unspecified atom stereocenters. The van der Waals surface area contributed by atoms with E-state index in [1.807, 2.05) is 11.8 Å². The third-order valence-corrected chi connectivity index (χ3v) is 6.06. The quantitative estimate of drug-likeness (QED) is 0.757. The second kappa shape index (κ2) is 5.81. The number of rotatable bonds is 6. The molecule has 4 nitrogen and oxygen atoms in total. The van der Waals surface area contributed by atoms with Gasteiger partial charge >= 0.3 is 0 Å². The molecule has 0 radical (unpaired) electrons. The maximum absolute atomic E-state index is 12.3. The summed E-state index contributed by atoms with van der Waals surface area (Å²) >= 11 is 0.987. The molecule has 1 heterocycles. The van der Waals surface area contributed by atoms with Gasteiger partial charge in [-0.1, -0.05) is 6.92 Å². The van der Waals surface area contributed by atoms with Crippen LogP contribution in [0.25, 0.3) is 0 Å². The molecular weight excluding hydrogens is 306 g/mol. The topological polar surface area (TPSA) is 54.5 Å². The van der Waals surface area contributed by atoms with Crippen LogP contribution in [0.5, 0.6) is 0 Å². The summed E-state index contributed by atoms with van der Waals surface area (Å²) in [5, 5.41) is 1.56. The summed E-state index contributed by atoms with van der Waals surface area (Å²) in [6, 6.07) is 1.37. The highest BCUT2D eigenvalue weighted by Gasteiger charge is 2.27. The molecule has 2 rings (SSSR count). The first-order chi connectivity index (χ1) is 8.91. The number of thiophene rings is 1. The van der Waals surface area contributed by atoms with Crippen LogP contribution in [0.4, 0.5) is 0 Å². The van der Waals surface area contributed by atoms with Crippen molar-refractivity contribution in [2.45, 2.75) is 30.4 Å². The second-order valence-corrected chi connectivity index (χ2v) is 8.49. The first-order valence-electron chi connectivity index (χ1n) is 6.24. The minimum Gasteiger partial charge on any atom is -0.338 e. The van der Waals surface area contributed by atoms with Crippen LogP contribution >= 0.6 is 22.0 Å². The average Bonchev–Trinajstić information content (AvgIpc) is 2.99. The molecule has 1 saturated carbocycles. The molecule has 0 aromatic carbocycles. The summed E-state index contributed by atoms with van der Waals surface area (Å²) in [6.45, 7) is 3.50. The second-order valence-electron chi connectivity index (χ2n) is 4.79. The molecule has 1 aromatic rings. The van der Waals surface area contributed by atoms with Crippen LogP contribution in [0.2, 0.25) is 0 Å². The van der Waals surface area contributed by atoms with Gasteiger partial charge in [0.25, 0.3) is 15.0 Å². The molecular formula is C12H16ClNO3S2. The van der Waals surface area contributed by atoms with Gasteiger partial charge in [-0.25, -0.2) is 8.42 Å². The molecule has 1 fully saturated rings. The van der Waals surface area contributed by atoms with E-state index in [1.165, 1.54) is 18.9 Å². The van der Waals surface area contributed by atoms with Crippen LogP contribution in [0.15, 0.2) is 15.7 Å². The maximum atomic E-state index is 12.3. The Bertz CT molecular complexity index is 563. The Balaban J connectivity index is 2.13. The fourth-order valence-electron chi connectivity index (χ4n) is 1.90. The molecule has 0 N–H and O–H groups in total. The van der Waals surface area contributed by atoms with Gasteiger partial charge in [-0.15, -0.1) is 11.3 Å². The van der Waals surface area contributed by atoms with E-state index < -0.39 is 9.05 Å². The smallest absolute Gasteiger partial charge is 0.270 e. The van der Waals surface area contributed by atoms with Gasteiger partial charge in [-0.05, 0) is 31.2 Å². The van der Waals surface area contributed by atoms with Crippen molar-refractivity contribution in [1.29, 1.82) is 0 Å². The van der Waals surface area contributed by atoms with Gasteiger partial charge in [0.15, 0.2) is 0 Å². The molecule has 0 spiro atoms. The lowest BCUT2D eigenvalue weighted by Gasteiger charge is -2.21. The Morgan fingerprint density at radius 3 is 2.68 bits per heavy atom. The van der Waals surface area contributed by atoms with Crippen molar-refractivity contribution in [2.75, 3.05) is 13.1 Å². The summed E-state index contributed by atoms with van der Waals surface area (Å²) in [5.74, 6) is 0.516. The molecule has 1 aromatic heterocycles. The van der Waals surface area contributed by atoms with Crippen molar-refractivity contribution < 1.29 is 13.2 Å². The number of carbonyl (C=O) groups excluding carboxylic acids is 1. The van der Waals surface area contributed by atoms with E-state index in [-0.39, 0.29) is 10.1 Å². The Morgan fingerprint density at radius 1 is 1.53 bits per heavy atom. The summed E-state index contributed by atoms with van der Waals surface area (Å²) in [7, 11) is 1.53. The Morgan fingerprint density at radius 2 is 2.21 bits per heavy atom. The van der Waals surface area contributed by atoms with E-state index in [4.69, 9.17) is 10.7 Å². The van der Waals surface area contributed by atoms with Gasteiger partial charge < -0.3 is 4.90 Å². The van der Waals surface area contributed by atoms with Gasteiger partial charge in [0.05, 0.1) is 5.56 Å². The molecule has 0 bridgehead atoms. The standard InChI is InChI=1S/C12H16ClNO3S2/c1-2-5-14(7-9-3-4-9)12(15)10-6-11(18-8-10)19(13,16)17/h6,8-9H,2-5,7H2,1H3. The molecule has 0 atom stereocenters. The summed E-state index contributed by atoms with van der Waals surface area (Å²) in [6.07, 6.45) is 3.25. The average molecular weight is 322 g/mol. The predicted octanol–water partition coefficient (Wildman–Crippen LogP) is 2.94. The molecule has 1 amide bonds. The monoisotopic (exact) mass is 321 g/mol. The van der Waals surface area contributed by atoms with Crippen LogP contribution in [0.1, 0.15) is 36.5 Å². The predicted molar refractivity (Wildman–Crippen MR) is 76.3 cm³/mol. The van der Waals surface area contributed by atoms with E-state index in [2.05, 4.69) is 0 Å². The first kappa shape index (κ1) is 14.8. The van der Waals surface area contributed by atoms with Crippen molar-refractivity contribution in [3.05, 3.63) is 17.0 Å². The van der Waals surface area contributed by atoms with E-state index in [0.717, 1.165) is 24.3 Å². The lowest BCUT2D eigenvalue weighted by molar-refractivity contribution is 0.0748. The Kier molecular flexibility index (Phi) is 4.53. The van der Waals surface area contributed by atoms with Crippen molar-refractivity contribution in [3.63, 3.8) is 0 Å².